The minimum absolute atomic E-state index is 0.00201. The van der Waals surface area contributed by atoms with Gasteiger partial charge in [-0.15, -0.1) is 0 Å². The summed E-state index contributed by atoms with van der Waals surface area (Å²) < 4.78 is 17.9. The molecule has 2 aromatic rings. The number of methoxy groups -OCH3 is 2. The Labute approximate surface area is 276 Å². The standard InChI is InChI=1S/C37H45ClN2O6/c1-44-32-9-3-7-28-8-5-17-40(28)34(41)20-37(43,35(42)45-2)26-11-15-33-31(19-26)39(21-25-10-13-29(25)32)22-36(23-46-33)16-4-6-24-18-27(38)12-14-30(24)36/h3,9,11-12,14-15,18-19,25,28-29,32,43H,4-8,10,13,16-17,20-23H2,1-2H3/b9-3+/t25-,28+,29+,32-,36-,37+/m0/s1. The number of hydrogen-bond donors (Lipinski definition) is 1. The number of benzene rings is 2. The second-order valence-corrected chi connectivity index (χ2v) is 14.5. The Hall–Kier alpha value is -3.07. The maximum Gasteiger partial charge on any atom is 0.343 e. The van der Waals surface area contributed by atoms with Gasteiger partial charge in [0.15, 0.2) is 5.60 Å². The highest BCUT2D eigenvalue weighted by Crippen LogP contribution is 2.48. The first-order chi connectivity index (χ1) is 22.2. The summed E-state index contributed by atoms with van der Waals surface area (Å²) in [5, 5.41) is 12.8. The Morgan fingerprint density at radius 2 is 1.98 bits per heavy atom. The van der Waals surface area contributed by atoms with E-state index in [4.69, 9.17) is 25.8 Å². The predicted molar refractivity (Wildman–Crippen MR) is 176 cm³/mol. The van der Waals surface area contributed by atoms with E-state index in [1.165, 1.54) is 18.2 Å². The highest BCUT2D eigenvalue weighted by Gasteiger charge is 2.47. The largest absolute Gasteiger partial charge is 0.490 e. The van der Waals surface area contributed by atoms with Crippen molar-refractivity contribution in [2.24, 2.45) is 11.8 Å². The number of halogens is 1. The Morgan fingerprint density at radius 1 is 1.11 bits per heavy atom. The van der Waals surface area contributed by atoms with Gasteiger partial charge in [0.2, 0.25) is 5.91 Å². The monoisotopic (exact) mass is 648 g/mol. The number of carbonyl (C=O) groups excluding carboxylic acids is 2. The fraction of sp³-hybridized carbons (Fsp3) is 0.568. The van der Waals surface area contributed by atoms with Crippen LogP contribution in [0, 0.1) is 11.8 Å². The number of aryl methyl sites for hydroxylation is 1. The van der Waals surface area contributed by atoms with Crippen LogP contribution in [-0.2, 0) is 36.5 Å². The van der Waals surface area contributed by atoms with Gasteiger partial charge >= 0.3 is 5.97 Å². The smallest absolute Gasteiger partial charge is 0.343 e. The molecule has 0 unspecified atom stereocenters. The molecular weight excluding hydrogens is 604 g/mol. The van der Waals surface area contributed by atoms with E-state index in [-0.39, 0.29) is 29.9 Å². The van der Waals surface area contributed by atoms with Gasteiger partial charge in [-0.1, -0.05) is 35.9 Å². The summed E-state index contributed by atoms with van der Waals surface area (Å²) in [6.07, 6.45) is 11.7. The summed E-state index contributed by atoms with van der Waals surface area (Å²) in [7, 11) is 3.05. The molecule has 8 nitrogen and oxygen atoms in total. The molecule has 1 spiro atoms. The van der Waals surface area contributed by atoms with Crippen molar-refractivity contribution in [1.29, 1.82) is 0 Å². The van der Waals surface area contributed by atoms with Gasteiger partial charge in [-0.05, 0) is 104 Å². The van der Waals surface area contributed by atoms with Crippen molar-refractivity contribution < 1.29 is 28.9 Å². The van der Waals surface area contributed by atoms with Crippen LogP contribution in [0.2, 0.25) is 5.02 Å². The normalized spacial score (nSPS) is 33.2. The topological polar surface area (TPSA) is 88.5 Å². The molecule has 0 aromatic heterocycles. The third-order valence-corrected chi connectivity index (χ3v) is 11.7. The molecule has 5 aliphatic rings. The number of carbonyl (C=O) groups is 2. The summed E-state index contributed by atoms with van der Waals surface area (Å²) >= 11 is 6.45. The molecule has 1 saturated carbocycles. The lowest BCUT2D eigenvalue weighted by molar-refractivity contribution is -0.168. The first-order valence-corrected chi connectivity index (χ1v) is 17.2. The van der Waals surface area contributed by atoms with Crippen LogP contribution in [0.5, 0.6) is 5.75 Å². The van der Waals surface area contributed by atoms with Gasteiger partial charge in [-0.25, -0.2) is 4.79 Å². The van der Waals surface area contributed by atoms with Crippen LogP contribution in [0.1, 0.15) is 68.1 Å². The molecule has 2 fully saturated rings. The summed E-state index contributed by atoms with van der Waals surface area (Å²) in [5.41, 5.74) is 1.33. The van der Waals surface area contributed by atoms with Crippen molar-refractivity contribution in [2.75, 3.05) is 45.4 Å². The average molecular weight is 649 g/mol. The highest BCUT2D eigenvalue weighted by atomic mass is 35.5. The van der Waals surface area contributed by atoms with E-state index in [0.717, 1.165) is 68.7 Å². The molecule has 246 valence electrons. The van der Waals surface area contributed by atoms with Crippen molar-refractivity contribution in [3.63, 3.8) is 0 Å². The van der Waals surface area contributed by atoms with E-state index in [9.17, 15) is 14.7 Å². The molecule has 2 aromatic carbocycles. The lowest BCUT2D eigenvalue weighted by atomic mass is 9.68. The molecule has 1 amide bonds. The third kappa shape index (κ3) is 5.50. The zero-order chi connectivity index (χ0) is 32.1. The first kappa shape index (κ1) is 31.5. The van der Waals surface area contributed by atoms with E-state index in [2.05, 4.69) is 29.2 Å². The van der Waals surface area contributed by atoms with Gasteiger partial charge < -0.3 is 29.1 Å². The van der Waals surface area contributed by atoms with Gasteiger partial charge in [0.1, 0.15) is 5.75 Å². The van der Waals surface area contributed by atoms with Crippen molar-refractivity contribution in [2.45, 2.75) is 80.9 Å². The number of ether oxygens (including phenoxy) is 3. The molecule has 3 heterocycles. The lowest BCUT2D eigenvalue weighted by Gasteiger charge is -2.46. The maximum absolute atomic E-state index is 13.8. The fourth-order valence-corrected chi connectivity index (χ4v) is 9.06. The SMILES string of the molecule is COC(=O)[C@@]1(O)CC(=O)N2CCC[C@H]2C/C=C/[C@H](OC)[C@@H]2CC[C@H]2CN2C[C@@]3(CCCc4cc(Cl)ccc43)COc3ccc1cc32. The summed E-state index contributed by atoms with van der Waals surface area (Å²) in [6, 6.07) is 11.7. The fourth-order valence-electron chi connectivity index (χ4n) is 8.86. The molecule has 1 saturated heterocycles. The quantitative estimate of drug-likeness (QED) is 0.337. The van der Waals surface area contributed by atoms with Crippen LogP contribution < -0.4 is 9.64 Å². The molecule has 9 heteroatoms. The van der Waals surface area contributed by atoms with E-state index in [1.54, 1.807) is 13.2 Å². The Kier molecular flexibility index (Phi) is 8.57. The molecule has 0 radical (unpaired) electrons. The van der Waals surface area contributed by atoms with Crippen LogP contribution in [0.25, 0.3) is 0 Å². The van der Waals surface area contributed by atoms with E-state index in [0.29, 0.717) is 42.7 Å². The number of fused-ring (bicyclic) bond motifs is 5. The van der Waals surface area contributed by atoms with Gasteiger partial charge in [0.05, 0.1) is 31.9 Å². The molecule has 2 bridgehead atoms. The van der Waals surface area contributed by atoms with Crippen LogP contribution in [0.3, 0.4) is 0 Å². The van der Waals surface area contributed by atoms with E-state index in [1.807, 2.05) is 23.1 Å². The molecule has 1 N–H and O–H groups in total. The Balaban J connectivity index is 1.34. The van der Waals surface area contributed by atoms with Crippen molar-refractivity contribution in [3.8, 4) is 5.75 Å². The van der Waals surface area contributed by atoms with Crippen LogP contribution in [-0.4, -0.2) is 74.5 Å². The molecule has 46 heavy (non-hydrogen) atoms. The first-order valence-electron chi connectivity index (χ1n) is 16.9. The second kappa shape index (κ2) is 12.5. The minimum Gasteiger partial charge on any atom is -0.490 e. The van der Waals surface area contributed by atoms with Gasteiger partial charge in [-0.3, -0.25) is 4.79 Å². The Bertz CT molecular complexity index is 1530. The second-order valence-electron chi connectivity index (χ2n) is 14.1. The Morgan fingerprint density at radius 3 is 2.76 bits per heavy atom. The zero-order valence-electron chi connectivity index (χ0n) is 26.9. The van der Waals surface area contributed by atoms with Crippen LogP contribution >= 0.6 is 11.6 Å². The number of esters is 1. The van der Waals surface area contributed by atoms with Gasteiger partial charge in [-0.2, -0.15) is 0 Å². The van der Waals surface area contributed by atoms with Crippen molar-refractivity contribution in [3.05, 3.63) is 70.3 Å². The highest BCUT2D eigenvalue weighted by molar-refractivity contribution is 6.30. The summed E-state index contributed by atoms with van der Waals surface area (Å²) in [6.45, 7) is 2.63. The molecule has 7 rings (SSSR count). The molecule has 2 aliphatic carbocycles. The van der Waals surface area contributed by atoms with Gasteiger partial charge in [0, 0.05) is 43.2 Å². The number of hydrogen-bond acceptors (Lipinski definition) is 7. The van der Waals surface area contributed by atoms with Crippen LogP contribution in [0.4, 0.5) is 5.69 Å². The third-order valence-electron chi connectivity index (χ3n) is 11.5. The van der Waals surface area contributed by atoms with Crippen molar-refractivity contribution in [1.82, 2.24) is 4.90 Å². The lowest BCUT2D eigenvalue weighted by Crippen LogP contribution is -2.49. The molecular formula is C37H45ClN2O6. The number of amides is 1. The van der Waals surface area contributed by atoms with Crippen molar-refractivity contribution >= 4 is 29.2 Å². The minimum atomic E-state index is -2.13. The number of nitrogens with zero attached hydrogens (tertiary/aromatic N) is 2. The van der Waals surface area contributed by atoms with Gasteiger partial charge in [0.25, 0.3) is 0 Å². The zero-order valence-corrected chi connectivity index (χ0v) is 27.6. The molecule has 3 aliphatic heterocycles. The summed E-state index contributed by atoms with van der Waals surface area (Å²) in [4.78, 5) is 31.4. The van der Waals surface area contributed by atoms with E-state index >= 15 is 0 Å². The van der Waals surface area contributed by atoms with Crippen LogP contribution in [0.15, 0.2) is 48.6 Å². The van der Waals surface area contributed by atoms with E-state index < -0.39 is 11.6 Å². The predicted octanol–water partition coefficient (Wildman–Crippen LogP) is 5.56. The maximum atomic E-state index is 13.8. The molecule has 6 atom stereocenters. The summed E-state index contributed by atoms with van der Waals surface area (Å²) in [5.74, 6) is 0.381. The number of rotatable bonds is 2. The number of aliphatic hydroxyl groups is 1. The average Bonchev–Trinajstić information content (AvgIpc) is 3.46. The number of anilines is 1.